The lowest BCUT2D eigenvalue weighted by Gasteiger charge is -2.10. The van der Waals surface area contributed by atoms with E-state index >= 15 is 0 Å². The molecule has 11 heteroatoms. The summed E-state index contributed by atoms with van der Waals surface area (Å²) in [7, 11) is -7.73. The molecule has 0 aliphatic rings. The van der Waals surface area contributed by atoms with E-state index in [-0.39, 0.29) is 21.4 Å². The lowest BCUT2D eigenvalue weighted by molar-refractivity contribution is 0.340. The minimum Gasteiger partial charge on any atom is -0.494 e. The fraction of sp³-hybridized carbons (Fsp3) is 0.111. The Balaban J connectivity index is 1.74. The summed E-state index contributed by atoms with van der Waals surface area (Å²) in [6.45, 7) is 2.31. The molecule has 3 aromatic rings. The number of aromatic nitrogens is 2. The van der Waals surface area contributed by atoms with Gasteiger partial charge in [-0.3, -0.25) is 4.72 Å². The Labute approximate surface area is 168 Å². The molecule has 29 heavy (non-hydrogen) atoms. The van der Waals surface area contributed by atoms with Crippen molar-refractivity contribution < 1.29 is 21.6 Å². The third kappa shape index (κ3) is 5.21. The first-order valence-electron chi connectivity index (χ1n) is 8.46. The SMILES string of the molecule is CCOc1ccc(S(=O)(=O)Nc2ccc(S(=O)(=O)Nc3ncccn3)cc2)cc1. The average molecular weight is 434 g/mol. The fourth-order valence-electron chi connectivity index (χ4n) is 2.33. The summed E-state index contributed by atoms with van der Waals surface area (Å²) in [6, 6.07) is 12.8. The normalized spacial score (nSPS) is 11.6. The van der Waals surface area contributed by atoms with Crippen LogP contribution < -0.4 is 14.2 Å². The molecule has 152 valence electrons. The molecule has 0 radical (unpaired) electrons. The summed E-state index contributed by atoms with van der Waals surface area (Å²) in [5.74, 6) is 0.503. The number of rotatable bonds is 8. The molecule has 0 saturated heterocycles. The lowest BCUT2D eigenvalue weighted by atomic mass is 10.3. The third-order valence-corrected chi connectivity index (χ3v) is 6.39. The van der Waals surface area contributed by atoms with Gasteiger partial charge in [-0.25, -0.2) is 31.5 Å². The monoisotopic (exact) mass is 434 g/mol. The van der Waals surface area contributed by atoms with Gasteiger partial charge in [0.1, 0.15) is 5.75 Å². The first-order valence-corrected chi connectivity index (χ1v) is 11.4. The summed E-state index contributed by atoms with van der Waals surface area (Å²) in [6.07, 6.45) is 2.81. The standard InChI is InChI=1S/C18H18N4O5S2/c1-2-27-15-6-10-17(11-7-15)28(23,24)21-14-4-8-16(9-5-14)29(25,26)22-18-19-12-3-13-20-18/h3-13,21H,2H2,1H3,(H,19,20,22). The highest BCUT2D eigenvalue weighted by atomic mass is 32.2. The van der Waals surface area contributed by atoms with Crippen LogP contribution in [0.1, 0.15) is 6.92 Å². The summed E-state index contributed by atoms with van der Waals surface area (Å²) < 4.78 is 59.7. The highest BCUT2D eigenvalue weighted by molar-refractivity contribution is 7.93. The molecule has 0 unspecified atom stereocenters. The van der Waals surface area contributed by atoms with Gasteiger partial charge in [0, 0.05) is 18.1 Å². The summed E-state index contributed by atoms with van der Waals surface area (Å²) >= 11 is 0. The molecule has 2 aromatic carbocycles. The molecule has 0 aliphatic carbocycles. The molecule has 1 heterocycles. The predicted octanol–water partition coefficient (Wildman–Crippen LogP) is 2.48. The van der Waals surface area contributed by atoms with Crippen molar-refractivity contribution in [3.8, 4) is 5.75 Å². The van der Waals surface area contributed by atoms with Gasteiger partial charge in [-0.2, -0.15) is 0 Å². The number of nitrogens with zero attached hydrogens (tertiary/aromatic N) is 2. The average Bonchev–Trinajstić information content (AvgIpc) is 2.69. The van der Waals surface area contributed by atoms with E-state index in [1.54, 1.807) is 18.2 Å². The van der Waals surface area contributed by atoms with Crippen molar-refractivity contribution in [2.75, 3.05) is 16.1 Å². The van der Waals surface area contributed by atoms with Crippen LogP contribution in [-0.4, -0.2) is 33.4 Å². The second kappa shape index (κ2) is 8.45. The second-order valence-corrected chi connectivity index (χ2v) is 9.08. The minimum absolute atomic E-state index is 0.0561. The van der Waals surface area contributed by atoms with Crippen molar-refractivity contribution in [1.29, 1.82) is 0 Å². The number of ether oxygens (including phenoxy) is 1. The largest absolute Gasteiger partial charge is 0.494 e. The van der Waals surface area contributed by atoms with Gasteiger partial charge >= 0.3 is 0 Å². The molecule has 0 amide bonds. The van der Waals surface area contributed by atoms with E-state index < -0.39 is 20.0 Å². The van der Waals surface area contributed by atoms with E-state index in [1.807, 2.05) is 6.92 Å². The zero-order valence-electron chi connectivity index (χ0n) is 15.3. The van der Waals surface area contributed by atoms with Crippen LogP contribution >= 0.6 is 0 Å². The topological polar surface area (TPSA) is 127 Å². The molecule has 0 saturated carbocycles. The maximum absolute atomic E-state index is 12.5. The molecule has 0 fully saturated rings. The molecule has 1 aromatic heterocycles. The summed E-state index contributed by atoms with van der Waals surface area (Å²) in [5, 5.41) is 0. The maximum atomic E-state index is 12.5. The molecule has 0 bridgehead atoms. The molecule has 0 spiro atoms. The highest BCUT2D eigenvalue weighted by Crippen LogP contribution is 2.21. The van der Waals surface area contributed by atoms with Crippen molar-refractivity contribution >= 4 is 31.7 Å². The number of sulfonamides is 2. The first-order chi connectivity index (χ1) is 13.8. The highest BCUT2D eigenvalue weighted by Gasteiger charge is 2.17. The summed E-state index contributed by atoms with van der Waals surface area (Å²) in [4.78, 5) is 7.60. The number of hydrogen-bond acceptors (Lipinski definition) is 7. The van der Waals surface area contributed by atoms with Crippen LogP contribution in [-0.2, 0) is 20.0 Å². The molecule has 9 nitrogen and oxygen atoms in total. The van der Waals surface area contributed by atoms with Gasteiger partial charge in [-0.1, -0.05) is 0 Å². The van der Waals surface area contributed by atoms with Gasteiger partial charge in [-0.15, -0.1) is 0 Å². The Morgan fingerprint density at radius 3 is 1.86 bits per heavy atom. The number of hydrogen-bond donors (Lipinski definition) is 2. The first kappa shape index (κ1) is 20.6. The predicted molar refractivity (Wildman–Crippen MR) is 108 cm³/mol. The van der Waals surface area contributed by atoms with Crippen molar-refractivity contribution in [3.63, 3.8) is 0 Å². The minimum atomic E-state index is -3.90. The van der Waals surface area contributed by atoms with Gasteiger partial charge in [-0.05, 0) is 61.5 Å². The van der Waals surface area contributed by atoms with Gasteiger partial charge in [0.15, 0.2) is 0 Å². The van der Waals surface area contributed by atoms with Crippen molar-refractivity contribution in [2.24, 2.45) is 0 Å². The molecule has 0 atom stereocenters. The number of benzene rings is 2. The van der Waals surface area contributed by atoms with E-state index in [1.165, 1.54) is 48.8 Å². The Morgan fingerprint density at radius 2 is 1.31 bits per heavy atom. The quantitative estimate of drug-likeness (QED) is 0.557. The number of anilines is 2. The molecular weight excluding hydrogens is 416 g/mol. The van der Waals surface area contributed by atoms with E-state index in [4.69, 9.17) is 4.74 Å². The van der Waals surface area contributed by atoms with Gasteiger partial charge in [0.05, 0.1) is 16.4 Å². The maximum Gasteiger partial charge on any atom is 0.264 e. The second-order valence-electron chi connectivity index (χ2n) is 5.71. The Bertz CT molecular complexity index is 1170. The van der Waals surface area contributed by atoms with Crippen molar-refractivity contribution in [3.05, 3.63) is 67.0 Å². The van der Waals surface area contributed by atoms with Crippen molar-refractivity contribution in [1.82, 2.24) is 9.97 Å². The van der Waals surface area contributed by atoms with Gasteiger partial charge < -0.3 is 4.74 Å². The molecule has 0 aliphatic heterocycles. The van der Waals surface area contributed by atoms with Crippen LogP contribution in [0.3, 0.4) is 0 Å². The fourth-order valence-corrected chi connectivity index (χ4v) is 4.35. The van der Waals surface area contributed by atoms with Crippen LogP contribution in [0.15, 0.2) is 76.8 Å². The lowest BCUT2D eigenvalue weighted by Crippen LogP contribution is -2.15. The smallest absolute Gasteiger partial charge is 0.264 e. The van der Waals surface area contributed by atoms with E-state index in [0.29, 0.717) is 12.4 Å². The van der Waals surface area contributed by atoms with Crippen molar-refractivity contribution in [2.45, 2.75) is 16.7 Å². The Hall–Kier alpha value is -3.18. The number of nitrogens with one attached hydrogen (secondary N) is 2. The molecule has 2 N–H and O–H groups in total. The van der Waals surface area contributed by atoms with E-state index in [0.717, 1.165) is 0 Å². The Kier molecular flexibility index (Phi) is 5.99. The molecular formula is C18H18N4O5S2. The zero-order valence-corrected chi connectivity index (χ0v) is 16.9. The van der Waals surface area contributed by atoms with E-state index in [9.17, 15) is 16.8 Å². The third-order valence-electron chi connectivity index (χ3n) is 3.65. The van der Waals surface area contributed by atoms with Gasteiger partial charge in [0.2, 0.25) is 5.95 Å². The van der Waals surface area contributed by atoms with Crippen LogP contribution in [0.25, 0.3) is 0 Å². The van der Waals surface area contributed by atoms with Crippen LogP contribution in [0.5, 0.6) is 5.75 Å². The zero-order chi connectivity index (χ0) is 20.9. The molecule has 3 rings (SSSR count). The van der Waals surface area contributed by atoms with Crippen LogP contribution in [0.4, 0.5) is 11.6 Å². The summed E-state index contributed by atoms with van der Waals surface area (Å²) in [5.41, 5.74) is 0.216. The Morgan fingerprint density at radius 1 is 0.793 bits per heavy atom. The van der Waals surface area contributed by atoms with Crippen LogP contribution in [0.2, 0.25) is 0 Å². The van der Waals surface area contributed by atoms with E-state index in [2.05, 4.69) is 19.4 Å². The van der Waals surface area contributed by atoms with Gasteiger partial charge in [0.25, 0.3) is 20.0 Å². The van der Waals surface area contributed by atoms with Crippen LogP contribution in [0, 0.1) is 0 Å².